The van der Waals surface area contributed by atoms with E-state index in [4.69, 9.17) is 0 Å². The molecule has 2 aliphatic rings. The zero-order valence-electron chi connectivity index (χ0n) is 12.3. The van der Waals surface area contributed by atoms with Gasteiger partial charge in [0.2, 0.25) is 0 Å². The molecule has 0 unspecified atom stereocenters. The molecule has 0 bridgehead atoms. The third-order valence-corrected chi connectivity index (χ3v) is 4.87. The first kappa shape index (κ1) is 14.2. The monoisotopic (exact) mass is 252 g/mol. The zero-order chi connectivity index (χ0) is 14.5. The van der Waals surface area contributed by atoms with Crippen molar-refractivity contribution >= 4 is 117 Å². The standard InChI is InChI=1S/C8H2B14/c9-1-3-7(17-21-19-11-3)15-13-5(1)10-2-4-8(16-14-6(2)9)18-22-20-12-4/h15,20H. The summed E-state index contributed by atoms with van der Waals surface area (Å²) in [5.41, 5.74) is 2.77. The average Bonchev–Trinajstić information content (AvgIpc) is 2.60. The van der Waals surface area contributed by atoms with Gasteiger partial charge in [-0.1, -0.05) is 0 Å². The Kier molecular flexibility index (Phi) is 3.72. The van der Waals surface area contributed by atoms with Crippen LogP contribution < -0.4 is 10.7 Å². The van der Waals surface area contributed by atoms with Crippen LogP contribution in [0.25, 0.3) is 21.4 Å². The van der Waals surface area contributed by atoms with E-state index in [1.807, 2.05) is 0 Å². The third kappa shape index (κ3) is 2.27. The molecule has 0 nitrogen and oxygen atoms in total. The predicted molar refractivity (Wildman–Crippen MR) is 114 cm³/mol. The van der Waals surface area contributed by atoms with Crippen LogP contribution in [-0.2, 0) is 0 Å². The predicted octanol–water partition coefficient (Wildman–Crippen LogP) is -5.66. The van der Waals surface area contributed by atoms with E-state index in [2.05, 4.69) is 81.5 Å². The van der Waals surface area contributed by atoms with Gasteiger partial charge in [-0.3, -0.25) is 0 Å². The Labute approximate surface area is 138 Å². The molecule has 0 radical (unpaired) electrons. The zero-order valence-corrected chi connectivity index (χ0v) is 12.3. The Morgan fingerprint density at radius 3 is 2.77 bits per heavy atom. The fourth-order valence-corrected chi connectivity index (χ4v) is 3.77. The summed E-state index contributed by atoms with van der Waals surface area (Å²) >= 11 is 0. The van der Waals surface area contributed by atoms with Crippen LogP contribution in [0.1, 0.15) is 0 Å². The molecular formula is C8H2B14. The molecule has 0 aliphatic carbocycles. The molecule has 3 aromatic heterocycles. The van der Waals surface area contributed by atoms with Crippen LogP contribution >= 0.6 is 0 Å². The molecule has 3 aromatic rings. The third-order valence-electron chi connectivity index (χ3n) is 4.87. The summed E-state index contributed by atoms with van der Waals surface area (Å²) in [6.07, 6.45) is 0. The van der Waals surface area contributed by atoms with Crippen molar-refractivity contribution in [3.63, 3.8) is 0 Å². The number of rotatable bonds is 0. The van der Waals surface area contributed by atoms with Crippen molar-refractivity contribution in [3.8, 4) is 10.9 Å². The van der Waals surface area contributed by atoms with Gasteiger partial charge in [0, 0.05) is 0 Å². The van der Waals surface area contributed by atoms with Crippen molar-refractivity contribution in [1.29, 1.82) is 0 Å². The second kappa shape index (κ2) is 5.74. The van der Waals surface area contributed by atoms with Gasteiger partial charge in [-0.2, -0.15) is 0 Å². The maximum absolute atomic E-state index is 2.38. The Hall–Kier alpha value is -0.131. The van der Waals surface area contributed by atoms with Gasteiger partial charge in [-0.25, -0.2) is 0 Å². The molecule has 14 heteroatoms. The first-order chi connectivity index (χ1) is 10.9. The minimum atomic E-state index is 1.04. The summed E-state index contributed by atoms with van der Waals surface area (Å²) in [6.45, 7) is 27.2. The fourth-order valence-electron chi connectivity index (χ4n) is 3.77. The number of hydrogen-bond donors (Lipinski definition) is 0. The molecule has 76 valence electrons. The summed E-state index contributed by atoms with van der Waals surface area (Å²) in [6, 6.07) is 0. The summed E-state index contributed by atoms with van der Waals surface area (Å²) < 4.78 is 0. The molecule has 0 saturated carbocycles. The Morgan fingerprint density at radius 1 is 0.818 bits per heavy atom. The molecule has 0 spiro atoms. The average molecular weight is 249 g/mol. The molecular weight excluding hydrogens is 247 g/mol. The van der Waals surface area contributed by atoms with E-state index < -0.39 is 0 Å². The SMILES string of the molecule is B1=Bc2bbc3bc4c(bc3c2=BB1)=BBc1bbbbc1-4. The Balaban J connectivity index is 1.90. The van der Waals surface area contributed by atoms with Crippen molar-refractivity contribution in [3.05, 3.63) is 10.1 Å². The molecule has 5 rings (SSSR count). The molecule has 0 saturated heterocycles. The first-order valence-electron chi connectivity index (χ1n) is 7.92. The number of fused-ring (bicyclic) bond motifs is 6. The van der Waals surface area contributed by atoms with E-state index >= 15 is 0 Å². The van der Waals surface area contributed by atoms with E-state index in [9.17, 15) is 0 Å². The van der Waals surface area contributed by atoms with Crippen LogP contribution in [0.2, 0.25) is 0 Å². The van der Waals surface area contributed by atoms with Crippen molar-refractivity contribution in [2.24, 2.45) is 0 Å². The summed E-state index contributed by atoms with van der Waals surface area (Å²) in [4.78, 5) is 0. The van der Waals surface area contributed by atoms with Gasteiger partial charge in [-0.15, -0.1) is 0 Å². The molecule has 0 N–H and O–H groups in total. The van der Waals surface area contributed by atoms with E-state index in [1.54, 1.807) is 0 Å². The van der Waals surface area contributed by atoms with E-state index in [-0.39, 0.29) is 0 Å². The topological polar surface area (TPSA) is 0 Å². The molecule has 0 atom stereocenters. The molecule has 2 aliphatic heterocycles. The minimum absolute atomic E-state index is 1.04. The molecule has 22 heavy (non-hydrogen) atoms. The number of hydrogen-bond acceptors (Lipinski definition) is 0. The second-order valence-corrected chi connectivity index (χ2v) is 6.14. The van der Waals surface area contributed by atoms with E-state index in [0.29, 0.717) is 0 Å². The van der Waals surface area contributed by atoms with Gasteiger partial charge >= 0.3 is 138 Å². The van der Waals surface area contributed by atoms with Crippen LogP contribution in [0.15, 0.2) is 0 Å². The normalized spacial score (nSPS) is 10.9. The van der Waals surface area contributed by atoms with Crippen LogP contribution in [0, 0.1) is 10.1 Å². The van der Waals surface area contributed by atoms with Crippen LogP contribution in [-0.4, -0.2) is 95.7 Å². The van der Waals surface area contributed by atoms with Gasteiger partial charge in [0.15, 0.2) is 0 Å². The van der Waals surface area contributed by atoms with Crippen molar-refractivity contribution < 1.29 is 0 Å². The van der Waals surface area contributed by atoms with Crippen molar-refractivity contribution in [2.45, 2.75) is 0 Å². The maximum atomic E-state index is 2.38. The van der Waals surface area contributed by atoms with Gasteiger partial charge in [0.25, 0.3) is 0 Å². The summed E-state index contributed by atoms with van der Waals surface area (Å²) in [5.74, 6) is 0. The summed E-state index contributed by atoms with van der Waals surface area (Å²) in [5, 5.41) is 8.28. The molecule has 5 heterocycles. The van der Waals surface area contributed by atoms with Gasteiger partial charge in [0.1, 0.15) is 0 Å². The van der Waals surface area contributed by atoms with Crippen LogP contribution in [0.5, 0.6) is 0 Å². The summed E-state index contributed by atoms with van der Waals surface area (Å²) in [7, 11) is 2.07. The fraction of sp³-hybridized carbons (Fsp3) is 0. The van der Waals surface area contributed by atoms with E-state index in [0.717, 1.165) is 14.2 Å². The van der Waals surface area contributed by atoms with Crippen LogP contribution in [0.3, 0.4) is 0 Å². The molecule has 0 aromatic carbocycles. The Bertz CT molecular complexity index is 1090. The van der Waals surface area contributed by atoms with Crippen LogP contribution in [0.4, 0.5) is 0 Å². The van der Waals surface area contributed by atoms with Gasteiger partial charge in [-0.05, 0) is 0 Å². The first-order valence-corrected chi connectivity index (χ1v) is 7.92. The van der Waals surface area contributed by atoms with Gasteiger partial charge in [0.05, 0.1) is 0 Å². The van der Waals surface area contributed by atoms with Gasteiger partial charge < -0.3 is 0 Å². The Morgan fingerprint density at radius 2 is 1.77 bits per heavy atom. The molecule has 0 fully saturated rings. The molecule has 0 amide bonds. The van der Waals surface area contributed by atoms with E-state index in [1.165, 1.54) is 42.2 Å². The van der Waals surface area contributed by atoms with Crippen molar-refractivity contribution in [2.75, 3.05) is 0 Å². The van der Waals surface area contributed by atoms with Crippen molar-refractivity contribution in [1.82, 2.24) is 0 Å². The quantitative estimate of drug-likeness (QED) is 0.349. The second-order valence-electron chi connectivity index (χ2n) is 6.14.